The molecule has 4 nitrogen and oxygen atoms in total. The molecule has 0 saturated heterocycles. The zero-order valence-corrected chi connectivity index (χ0v) is 9.91. The number of hydrogen-bond acceptors (Lipinski definition) is 4. The van der Waals surface area contributed by atoms with E-state index >= 15 is 0 Å². The van der Waals surface area contributed by atoms with Crippen molar-refractivity contribution in [1.82, 2.24) is 9.97 Å². The Morgan fingerprint density at radius 3 is 2.27 bits per heavy atom. The molecule has 0 fully saturated rings. The van der Waals surface area contributed by atoms with Crippen LogP contribution >= 0.6 is 0 Å². The first kappa shape index (κ1) is 11.9. The number of nitrogens with two attached hydrogens (primary N) is 1. The maximum atomic E-state index is 5.61. The van der Waals surface area contributed by atoms with Crippen molar-refractivity contribution in [3.8, 4) is 0 Å². The van der Waals surface area contributed by atoms with Crippen LogP contribution in [0.5, 0.6) is 0 Å². The molecule has 4 heteroatoms. The lowest BCUT2D eigenvalue weighted by Gasteiger charge is -2.19. The van der Waals surface area contributed by atoms with Crippen LogP contribution in [0.4, 0.5) is 5.95 Å². The van der Waals surface area contributed by atoms with E-state index in [1.165, 1.54) is 0 Å². The Morgan fingerprint density at radius 1 is 1.27 bits per heavy atom. The van der Waals surface area contributed by atoms with E-state index in [4.69, 9.17) is 5.73 Å². The van der Waals surface area contributed by atoms with Crippen molar-refractivity contribution in [2.24, 2.45) is 11.7 Å². The molecule has 0 aliphatic rings. The number of anilines is 1. The predicted molar refractivity (Wildman–Crippen MR) is 62.8 cm³/mol. The van der Waals surface area contributed by atoms with Crippen LogP contribution < -0.4 is 11.1 Å². The van der Waals surface area contributed by atoms with E-state index in [-0.39, 0.29) is 6.04 Å². The number of aryl methyl sites for hydroxylation is 2. The molecular formula is C11H20N4. The highest BCUT2D eigenvalue weighted by atomic mass is 15.1. The molecule has 1 heterocycles. The van der Waals surface area contributed by atoms with Gasteiger partial charge < -0.3 is 11.1 Å². The minimum Gasteiger partial charge on any atom is -0.351 e. The van der Waals surface area contributed by atoms with E-state index in [0.717, 1.165) is 11.4 Å². The molecule has 0 aliphatic carbocycles. The lowest BCUT2D eigenvalue weighted by Crippen LogP contribution is -2.30. The Balaban J connectivity index is 2.72. The van der Waals surface area contributed by atoms with Crippen LogP contribution in [-0.2, 0) is 0 Å². The first-order chi connectivity index (χ1) is 7.02. The van der Waals surface area contributed by atoms with Gasteiger partial charge in [0.05, 0.1) is 0 Å². The first-order valence-corrected chi connectivity index (χ1v) is 5.31. The summed E-state index contributed by atoms with van der Waals surface area (Å²) in [7, 11) is 0. The Morgan fingerprint density at radius 2 is 1.80 bits per heavy atom. The average molecular weight is 208 g/mol. The summed E-state index contributed by atoms with van der Waals surface area (Å²) in [5.74, 6) is 1.11. The molecular weight excluding hydrogens is 188 g/mol. The van der Waals surface area contributed by atoms with Crippen LogP contribution in [0.3, 0.4) is 0 Å². The first-order valence-electron chi connectivity index (χ1n) is 5.31. The topological polar surface area (TPSA) is 63.8 Å². The summed E-state index contributed by atoms with van der Waals surface area (Å²) in [6.45, 7) is 8.81. The fourth-order valence-electron chi connectivity index (χ4n) is 1.34. The summed E-state index contributed by atoms with van der Waals surface area (Å²) in [6.07, 6.45) is 0. The van der Waals surface area contributed by atoms with Crippen molar-refractivity contribution in [3.05, 3.63) is 17.5 Å². The van der Waals surface area contributed by atoms with Gasteiger partial charge in [-0.1, -0.05) is 6.92 Å². The number of hydrogen-bond donors (Lipinski definition) is 2. The molecule has 0 radical (unpaired) electrons. The quantitative estimate of drug-likeness (QED) is 0.787. The van der Waals surface area contributed by atoms with Crippen molar-refractivity contribution < 1.29 is 0 Å². The van der Waals surface area contributed by atoms with Crippen molar-refractivity contribution in [2.45, 2.75) is 33.7 Å². The van der Waals surface area contributed by atoms with Crippen LogP contribution in [0.15, 0.2) is 6.07 Å². The van der Waals surface area contributed by atoms with E-state index in [1.54, 1.807) is 0 Å². The number of nitrogens with one attached hydrogen (secondary N) is 1. The van der Waals surface area contributed by atoms with Gasteiger partial charge in [-0.05, 0) is 39.3 Å². The van der Waals surface area contributed by atoms with Crippen molar-refractivity contribution in [1.29, 1.82) is 0 Å². The standard InChI is InChI=1S/C11H20N4/c1-7(6-12)10(4)15-11-13-8(2)5-9(3)14-11/h5,7,10H,6,12H2,1-4H3,(H,13,14,15). The number of aromatic nitrogens is 2. The summed E-state index contributed by atoms with van der Waals surface area (Å²) < 4.78 is 0. The van der Waals surface area contributed by atoms with Gasteiger partial charge >= 0.3 is 0 Å². The summed E-state index contributed by atoms with van der Waals surface area (Å²) in [5, 5.41) is 3.27. The second-order valence-corrected chi connectivity index (χ2v) is 4.12. The minimum absolute atomic E-state index is 0.288. The summed E-state index contributed by atoms with van der Waals surface area (Å²) in [6, 6.07) is 2.25. The highest BCUT2D eigenvalue weighted by molar-refractivity contribution is 5.28. The fourth-order valence-corrected chi connectivity index (χ4v) is 1.34. The van der Waals surface area contributed by atoms with E-state index in [0.29, 0.717) is 18.4 Å². The maximum absolute atomic E-state index is 5.61. The summed E-state index contributed by atoms with van der Waals surface area (Å²) >= 11 is 0. The molecule has 0 aromatic carbocycles. The second-order valence-electron chi connectivity index (χ2n) is 4.12. The molecule has 0 saturated carbocycles. The van der Waals surface area contributed by atoms with Crippen molar-refractivity contribution in [3.63, 3.8) is 0 Å². The normalized spacial score (nSPS) is 14.7. The van der Waals surface area contributed by atoms with Crippen LogP contribution in [0.1, 0.15) is 25.2 Å². The van der Waals surface area contributed by atoms with Gasteiger partial charge in [0.15, 0.2) is 0 Å². The second kappa shape index (κ2) is 5.07. The molecule has 1 aromatic rings. The molecule has 0 spiro atoms. The van der Waals surface area contributed by atoms with Crippen LogP contribution in [0.25, 0.3) is 0 Å². The molecule has 0 bridgehead atoms. The SMILES string of the molecule is Cc1cc(C)nc(NC(C)C(C)CN)n1. The fraction of sp³-hybridized carbons (Fsp3) is 0.636. The Hall–Kier alpha value is -1.16. The zero-order valence-electron chi connectivity index (χ0n) is 9.91. The monoisotopic (exact) mass is 208 g/mol. The lowest BCUT2D eigenvalue weighted by atomic mass is 10.0. The third-order valence-electron chi connectivity index (χ3n) is 2.56. The Labute approximate surface area is 91.3 Å². The molecule has 0 aliphatic heterocycles. The third kappa shape index (κ3) is 3.47. The lowest BCUT2D eigenvalue weighted by molar-refractivity contribution is 0.518. The van der Waals surface area contributed by atoms with Gasteiger partial charge in [0, 0.05) is 17.4 Å². The smallest absolute Gasteiger partial charge is 0.223 e. The third-order valence-corrected chi connectivity index (χ3v) is 2.56. The Kier molecular flexibility index (Phi) is 4.03. The van der Waals surface area contributed by atoms with E-state index < -0.39 is 0 Å². The van der Waals surface area contributed by atoms with Gasteiger partial charge in [-0.3, -0.25) is 0 Å². The molecule has 3 N–H and O–H groups in total. The number of nitrogens with zero attached hydrogens (tertiary/aromatic N) is 2. The van der Waals surface area contributed by atoms with Gasteiger partial charge in [0.25, 0.3) is 0 Å². The largest absolute Gasteiger partial charge is 0.351 e. The van der Waals surface area contributed by atoms with E-state index in [9.17, 15) is 0 Å². The molecule has 84 valence electrons. The van der Waals surface area contributed by atoms with Crippen molar-refractivity contribution >= 4 is 5.95 Å². The van der Waals surface area contributed by atoms with Gasteiger partial charge in [0.1, 0.15) is 0 Å². The van der Waals surface area contributed by atoms with E-state index in [1.807, 2.05) is 19.9 Å². The van der Waals surface area contributed by atoms with E-state index in [2.05, 4.69) is 29.1 Å². The molecule has 2 unspecified atom stereocenters. The van der Waals surface area contributed by atoms with Gasteiger partial charge in [-0.2, -0.15) is 0 Å². The maximum Gasteiger partial charge on any atom is 0.223 e. The zero-order chi connectivity index (χ0) is 11.4. The molecule has 0 amide bonds. The average Bonchev–Trinajstić information content (AvgIpc) is 2.14. The van der Waals surface area contributed by atoms with Gasteiger partial charge in [-0.25, -0.2) is 9.97 Å². The molecule has 1 aromatic heterocycles. The predicted octanol–water partition coefficient (Wildman–Crippen LogP) is 1.49. The molecule has 2 atom stereocenters. The Bertz CT molecular complexity index is 304. The molecule has 1 rings (SSSR count). The highest BCUT2D eigenvalue weighted by Crippen LogP contribution is 2.09. The molecule has 15 heavy (non-hydrogen) atoms. The summed E-state index contributed by atoms with van der Waals surface area (Å²) in [4.78, 5) is 8.66. The number of rotatable bonds is 4. The van der Waals surface area contributed by atoms with Crippen molar-refractivity contribution in [2.75, 3.05) is 11.9 Å². The van der Waals surface area contributed by atoms with Gasteiger partial charge in [-0.15, -0.1) is 0 Å². The highest BCUT2D eigenvalue weighted by Gasteiger charge is 2.11. The summed E-state index contributed by atoms with van der Waals surface area (Å²) in [5.41, 5.74) is 7.57. The van der Waals surface area contributed by atoms with Crippen LogP contribution in [0, 0.1) is 19.8 Å². The van der Waals surface area contributed by atoms with Gasteiger partial charge in [0.2, 0.25) is 5.95 Å². The van der Waals surface area contributed by atoms with Crippen LogP contribution in [-0.4, -0.2) is 22.6 Å². The minimum atomic E-state index is 0.288. The van der Waals surface area contributed by atoms with Crippen LogP contribution in [0.2, 0.25) is 0 Å².